The minimum absolute atomic E-state index is 0.683. The average molecular weight is 195 g/mol. The third-order valence-electron chi connectivity index (χ3n) is 3.60. The van der Waals surface area contributed by atoms with Gasteiger partial charge in [0.15, 0.2) is 0 Å². The van der Waals surface area contributed by atoms with Crippen LogP contribution in [-0.2, 0) is 0 Å². The summed E-state index contributed by atoms with van der Waals surface area (Å²) in [6.45, 7) is 6.32. The zero-order chi connectivity index (χ0) is 10.4. The zero-order valence-electron chi connectivity index (χ0n) is 9.81. The lowest BCUT2D eigenvalue weighted by atomic mass is 9.81. The van der Waals surface area contributed by atoms with Crippen LogP contribution >= 0.6 is 0 Å². The first-order valence-electron chi connectivity index (χ1n) is 6.11. The molecule has 1 heteroatoms. The van der Waals surface area contributed by atoms with Crippen molar-refractivity contribution in [1.29, 1.82) is 0 Å². The molecule has 1 saturated carbocycles. The molecule has 0 aromatic carbocycles. The van der Waals surface area contributed by atoms with E-state index in [1.165, 1.54) is 44.1 Å². The van der Waals surface area contributed by atoms with E-state index < -0.39 is 0 Å². The Bertz CT molecular complexity index is 168. The van der Waals surface area contributed by atoms with Crippen LogP contribution in [0.15, 0.2) is 12.2 Å². The van der Waals surface area contributed by atoms with E-state index in [0.717, 1.165) is 12.3 Å². The van der Waals surface area contributed by atoms with Crippen LogP contribution in [0.25, 0.3) is 0 Å². The molecule has 0 aromatic heterocycles. The molecule has 1 atom stereocenters. The van der Waals surface area contributed by atoms with Gasteiger partial charge in [-0.05, 0) is 38.6 Å². The Morgan fingerprint density at radius 2 is 2.00 bits per heavy atom. The molecule has 0 bridgehead atoms. The summed E-state index contributed by atoms with van der Waals surface area (Å²) in [6.07, 6.45) is 9.46. The molecule has 0 heterocycles. The van der Waals surface area contributed by atoms with Crippen molar-refractivity contribution in [3.05, 3.63) is 12.2 Å². The minimum atomic E-state index is 0.683. The fraction of sp³-hybridized carbons (Fsp3) is 0.846. The van der Waals surface area contributed by atoms with Crippen LogP contribution < -0.4 is 5.32 Å². The molecule has 0 radical (unpaired) electrons. The summed E-state index contributed by atoms with van der Waals surface area (Å²) >= 11 is 0. The molecule has 0 spiro atoms. The molecule has 14 heavy (non-hydrogen) atoms. The van der Waals surface area contributed by atoms with Crippen molar-refractivity contribution in [1.82, 2.24) is 5.32 Å². The summed E-state index contributed by atoms with van der Waals surface area (Å²) in [4.78, 5) is 0. The molecule has 0 aliphatic heterocycles. The number of hydrogen-bond donors (Lipinski definition) is 1. The van der Waals surface area contributed by atoms with Crippen LogP contribution in [0.2, 0.25) is 0 Å². The Morgan fingerprint density at radius 1 is 1.36 bits per heavy atom. The maximum absolute atomic E-state index is 4.12. The van der Waals surface area contributed by atoms with E-state index in [1.54, 1.807) is 0 Å². The molecule has 0 aromatic rings. The standard InChI is InChI=1S/C13H25N/c1-4-11(2)10-13(14-3)12-8-6-5-7-9-12/h12-14H,2,4-10H2,1,3H3. The lowest BCUT2D eigenvalue weighted by Gasteiger charge is -2.30. The van der Waals surface area contributed by atoms with E-state index in [0.29, 0.717) is 6.04 Å². The maximum atomic E-state index is 4.12. The Hall–Kier alpha value is -0.300. The average Bonchev–Trinajstić information content (AvgIpc) is 2.26. The Labute approximate surface area is 89.0 Å². The lowest BCUT2D eigenvalue weighted by molar-refractivity contribution is 0.276. The SMILES string of the molecule is C=C(CC)CC(NC)C1CCCCC1. The Morgan fingerprint density at radius 3 is 2.50 bits per heavy atom. The lowest BCUT2D eigenvalue weighted by Crippen LogP contribution is -2.35. The van der Waals surface area contributed by atoms with Gasteiger partial charge in [0.2, 0.25) is 0 Å². The van der Waals surface area contributed by atoms with E-state index in [1.807, 2.05) is 0 Å². The van der Waals surface area contributed by atoms with Gasteiger partial charge >= 0.3 is 0 Å². The first-order valence-corrected chi connectivity index (χ1v) is 6.11. The Kier molecular flexibility index (Phi) is 5.24. The normalized spacial score (nSPS) is 20.7. The van der Waals surface area contributed by atoms with Gasteiger partial charge in [0.25, 0.3) is 0 Å². The molecule has 82 valence electrons. The predicted molar refractivity (Wildman–Crippen MR) is 63.5 cm³/mol. The van der Waals surface area contributed by atoms with E-state index in [9.17, 15) is 0 Å². The van der Waals surface area contributed by atoms with Crippen molar-refractivity contribution in [2.75, 3.05) is 7.05 Å². The first kappa shape index (κ1) is 11.8. The van der Waals surface area contributed by atoms with E-state index in [4.69, 9.17) is 0 Å². The largest absolute Gasteiger partial charge is 0.316 e. The topological polar surface area (TPSA) is 12.0 Å². The van der Waals surface area contributed by atoms with Crippen LogP contribution in [-0.4, -0.2) is 13.1 Å². The van der Waals surface area contributed by atoms with Crippen LogP contribution in [0.5, 0.6) is 0 Å². The van der Waals surface area contributed by atoms with E-state index >= 15 is 0 Å². The number of nitrogens with one attached hydrogen (secondary N) is 1. The molecule has 1 aliphatic carbocycles. The summed E-state index contributed by atoms with van der Waals surface area (Å²) in [5.41, 5.74) is 1.40. The summed E-state index contributed by atoms with van der Waals surface area (Å²) in [5, 5.41) is 3.48. The highest BCUT2D eigenvalue weighted by molar-refractivity contribution is 4.98. The molecule has 1 fully saturated rings. The quantitative estimate of drug-likeness (QED) is 0.662. The molecule has 1 N–H and O–H groups in total. The van der Waals surface area contributed by atoms with Gasteiger partial charge < -0.3 is 5.32 Å². The van der Waals surface area contributed by atoms with E-state index in [2.05, 4.69) is 25.9 Å². The highest BCUT2D eigenvalue weighted by atomic mass is 14.9. The highest BCUT2D eigenvalue weighted by Gasteiger charge is 2.22. The van der Waals surface area contributed by atoms with Crippen LogP contribution in [0.3, 0.4) is 0 Å². The third kappa shape index (κ3) is 3.45. The van der Waals surface area contributed by atoms with Crippen molar-refractivity contribution >= 4 is 0 Å². The summed E-state index contributed by atoms with van der Waals surface area (Å²) in [6, 6.07) is 0.683. The monoisotopic (exact) mass is 195 g/mol. The zero-order valence-corrected chi connectivity index (χ0v) is 9.81. The van der Waals surface area contributed by atoms with Gasteiger partial charge in [-0.2, -0.15) is 0 Å². The summed E-state index contributed by atoms with van der Waals surface area (Å²) in [5.74, 6) is 0.900. The van der Waals surface area contributed by atoms with Gasteiger partial charge in [0, 0.05) is 6.04 Å². The second kappa shape index (κ2) is 6.23. The fourth-order valence-electron chi connectivity index (χ4n) is 2.50. The molecule has 1 aliphatic rings. The molecule has 0 amide bonds. The van der Waals surface area contributed by atoms with Gasteiger partial charge in [-0.3, -0.25) is 0 Å². The van der Waals surface area contributed by atoms with Gasteiger partial charge in [0.05, 0.1) is 0 Å². The van der Waals surface area contributed by atoms with Crippen molar-refractivity contribution < 1.29 is 0 Å². The van der Waals surface area contributed by atoms with E-state index in [-0.39, 0.29) is 0 Å². The smallest absolute Gasteiger partial charge is 0.0129 e. The van der Waals surface area contributed by atoms with Crippen LogP contribution in [0, 0.1) is 5.92 Å². The van der Waals surface area contributed by atoms with Crippen LogP contribution in [0.4, 0.5) is 0 Å². The first-order chi connectivity index (χ1) is 6.77. The molecular formula is C13H25N. The molecule has 0 saturated heterocycles. The third-order valence-corrected chi connectivity index (χ3v) is 3.60. The van der Waals surface area contributed by atoms with Crippen molar-refractivity contribution in [2.24, 2.45) is 5.92 Å². The van der Waals surface area contributed by atoms with Gasteiger partial charge in [-0.1, -0.05) is 38.3 Å². The van der Waals surface area contributed by atoms with Crippen LogP contribution in [0.1, 0.15) is 51.9 Å². The second-order valence-electron chi connectivity index (χ2n) is 4.60. The predicted octanol–water partition coefficient (Wildman–Crippen LogP) is 3.51. The van der Waals surface area contributed by atoms with Gasteiger partial charge in [0.1, 0.15) is 0 Å². The summed E-state index contributed by atoms with van der Waals surface area (Å²) < 4.78 is 0. The van der Waals surface area contributed by atoms with Crippen molar-refractivity contribution in [2.45, 2.75) is 57.9 Å². The fourth-order valence-corrected chi connectivity index (χ4v) is 2.50. The molecular weight excluding hydrogens is 170 g/mol. The molecule has 1 rings (SSSR count). The summed E-state index contributed by atoms with van der Waals surface area (Å²) in [7, 11) is 2.10. The number of hydrogen-bond acceptors (Lipinski definition) is 1. The van der Waals surface area contributed by atoms with Gasteiger partial charge in [-0.15, -0.1) is 0 Å². The highest BCUT2D eigenvalue weighted by Crippen LogP contribution is 2.29. The Balaban J connectivity index is 2.39. The molecule has 1 unspecified atom stereocenters. The van der Waals surface area contributed by atoms with Gasteiger partial charge in [-0.25, -0.2) is 0 Å². The van der Waals surface area contributed by atoms with Crippen molar-refractivity contribution in [3.63, 3.8) is 0 Å². The van der Waals surface area contributed by atoms with Crippen molar-refractivity contribution in [3.8, 4) is 0 Å². The minimum Gasteiger partial charge on any atom is -0.316 e. The number of rotatable bonds is 5. The molecule has 1 nitrogen and oxygen atoms in total. The maximum Gasteiger partial charge on any atom is 0.0129 e. The second-order valence-corrected chi connectivity index (χ2v) is 4.60.